The highest BCUT2D eigenvalue weighted by Crippen LogP contribution is 2.43. The molecule has 3 unspecified atom stereocenters. The summed E-state index contributed by atoms with van der Waals surface area (Å²) < 4.78 is 23.8. The van der Waals surface area contributed by atoms with Crippen LogP contribution in [0.5, 0.6) is 0 Å². The van der Waals surface area contributed by atoms with Crippen LogP contribution in [-0.4, -0.2) is 73.4 Å². The molecule has 0 aliphatic carbocycles. The van der Waals surface area contributed by atoms with E-state index in [0.29, 0.717) is 17.4 Å². The zero-order chi connectivity index (χ0) is 63.4. The van der Waals surface area contributed by atoms with Crippen LogP contribution < -0.4 is 5.32 Å². The van der Waals surface area contributed by atoms with Crippen LogP contribution in [-0.2, 0) is 18.4 Å². The van der Waals surface area contributed by atoms with Crippen molar-refractivity contribution in [1.29, 1.82) is 0 Å². The van der Waals surface area contributed by atoms with E-state index in [0.717, 1.165) is 57.8 Å². The van der Waals surface area contributed by atoms with E-state index in [1.807, 2.05) is 27.2 Å². The molecule has 0 fully saturated rings. The third-order valence-electron chi connectivity index (χ3n) is 17.1. The van der Waals surface area contributed by atoms with Gasteiger partial charge in [0.2, 0.25) is 5.91 Å². The van der Waals surface area contributed by atoms with E-state index >= 15 is 0 Å². The minimum atomic E-state index is -4.37. The first kappa shape index (κ1) is 84.9. The van der Waals surface area contributed by atoms with Crippen LogP contribution in [0.25, 0.3) is 0 Å². The molecule has 9 heteroatoms. The zero-order valence-electron chi connectivity index (χ0n) is 58.5. The van der Waals surface area contributed by atoms with Gasteiger partial charge in [0.05, 0.1) is 39.9 Å². The molecule has 0 heterocycles. The molecule has 3 N–H and O–H groups in total. The Bertz CT molecular complexity index is 1650. The van der Waals surface area contributed by atoms with Crippen molar-refractivity contribution in [3.05, 3.63) is 72.9 Å². The number of hydrogen-bond acceptors (Lipinski definition) is 5. The van der Waals surface area contributed by atoms with Crippen molar-refractivity contribution >= 4 is 13.7 Å². The molecule has 0 spiro atoms. The quantitative estimate of drug-likeness (QED) is 0.0243. The average molecular weight is 1240 g/mol. The fraction of sp³-hybridized carbons (Fsp3) is 0.833. The molecule has 0 aromatic heterocycles. The summed E-state index contributed by atoms with van der Waals surface area (Å²) in [6.07, 6.45) is 96.5. The maximum absolute atomic E-state index is 13.1. The molecule has 0 aromatic rings. The van der Waals surface area contributed by atoms with Crippen LogP contribution in [0.1, 0.15) is 367 Å². The number of nitrogens with zero attached hydrogens (tertiary/aromatic N) is 1. The van der Waals surface area contributed by atoms with Gasteiger partial charge in [-0.25, -0.2) is 4.57 Å². The molecule has 1 amide bonds. The number of phosphoric acid groups is 1. The van der Waals surface area contributed by atoms with Crippen molar-refractivity contribution in [2.45, 2.75) is 379 Å². The molecule has 510 valence electrons. The van der Waals surface area contributed by atoms with Crippen LogP contribution in [0.4, 0.5) is 0 Å². The first-order valence-electron chi connectivity index (χ1n) is 37.8. The van der Waals surface area contributed by atoms with Crippen LogP contribution in [0.3, 0.4) is 0 Å². The van der Waals surface area contributed by atoms with Gasteiger partial charge in [0.25, 0.3) is 0 Å². The Morgan fingerprint density at radius 1 is 0.391 bits per heavy atom. The van der Waals surface area contributed by atoms with Gasteiger partial charge >= 0.3 is 7.82 Å². The number of rotatable bonds is 70. The minimum Gasteiger partial charge on any atom is -0.387 e. The fourth-order valence-corrected chi connectivity index (χ4v) is 12.0. The van der Waals surface area contributed by atoms with Gasteiger partial charge in [-0.15, -0.1) is 0 Å². The Labute approximate surface area is 542 Å². The van der Waals surface area contributed by atoms with E-state index < -0.39 is 20.0 Å². The summed E-state index contributed by atoms with van der Waals surface area (Å²) >= 11 is 0. The predicted octanol–water partition coefficient (Wildman–Crippen LogP) is 24.5. The lowest BCUT2D eigenvalue weighted by Crippen LogP contribution is -2.45. The number of nitrogens with one attached hydrogen (secondary N) is 1. The van der Waals surface area contributed by atoms with E-state index in [1.165, 1.54) is 289 Å². The van der Waals surface area contributed by atoms with Crippen LogP contribution in [0.15, 0.2) is 72.9 Å². The van der Waals surface area contributed by atoms with Crippen LogP contribution in [0.2, 0.25) is 0 Å². The lowest BCUT2D eigenvalue weighted by atomic mass is 10.0. The van der Waals surface area contributed by atoms with E-state index in [9.17, 15) is 19.4 Å². The zero-order valence-corrected chi connectivity index (χ0v) is 59.4. The standard InChI is InChI=1S/C78H147N2O6P/c1-6-8-10-12-14-16-18-20-22-24-26-28-30-32-34-36-37-38-39-40-41-42-43-44-46-48-50-52-54-56-58-60-62-64-66-68-70-72-78(82)79-76(75-86-87(83,84)85-74-73-80(3,4)5)77(81)71-69-67-65-63-61-59-57-55-53-51-49-47-45-35-33-31-29-27-25-23-21-19-17-15-13-11-9-7-2/h18,20,24,26,30,32,53,55,61,63,69,71,76-77,81H,6-17,19,21-23,25,27-29,31,33-52,54,56-60,62,64-68,70,72-75H2,1-5H3,(H-,79,82,83,84)/p+1/b20-18-,26-24-,32-30-,55-53+,63-61+,71-69+. The van der Waals surface area contributed by atoms with E-state index in [4.69, 9.17) is 9.05 Å². The van der Waals surface area contributed by atoms with Crippen molar-refractivity contribution in [2.24, 2.45) is 0 Å². The smallest absolute Gasteiger partial charge is 0.387 e. The number of unbranched alkanes of at least 4 members (excludes halogenated alkanes) is 47. The first-order valence-corrected chi connectivity index (χ1v) is 39.3. The van der Waals surface area contributed by atoms with Crippen LogP contribution >= 0.6 is 7.82 Å². The Hall–Kier alpha value is -2.06. The van der Waals surface area contributed by atoms with E-state index in [-0.39, 0.29) is 19.1 Å². The Balaban J connectivity index is 4.04. The number of carbonyl (C=O) groups excluding carboxylic acids is 1. The molecule has 0 aliphatic rings. The van der Waals surface area contributed by atoms with Gasteiger partial charge in [-0.3, -0.25) is 13.8 Å². The maximum Gasteiger partial charge on any atom is 0.472 e. The first-order chi connectivity index (χ1) is 42.5. The van der Waals surface area contributed by atoms with Gasteiger partial charge in [-0.2, -0.15) is 0 Å². The molecule has 8 nitrogen and oxygen atoms in total. The van der Waals surface area contributed by atoms with Gasteiger partial charge in [0, 0.05) is 6.42 Å². The number of carbonyl (C=O) groups is 1. The Morgan fingerprint density at radius 2 is 0.667 bits per heavy atom. The van der Waals surface area contributed by atoms with Gasteiger partial charge in [-0.1, -0.05) is 350 Å². The Kier molecular flexibility index (Phi) is 66.7. The van der Waals surface area contributed by atoms with Crippen molar-refractivity contribution in [1.82, 2.24) is 5.32 Å². The second-order valence-electron chi connectivity index (χ2n) is 27.0. The van der Waals surface area contributed by atoms with Gasteiger partial charge in [-0.05, 0) is 83.5 Å². The average Bonchev–Trinajstić information content (AvgIpc) is 3.70. The van der Waals surface area contributed by atoms with E-state index in [2.05, 4.69) is 79.9 Å². The number of hydrogen-bond donors (Lipinski definition) is 3. The molecule has 0 aromatic carbocycles. The number of aliphatic hydroxyl groups excluding tert-OH is 1. The lowest BCUT2D eigenvalue weighted by Gasteiger charge is -2.25. The lowest BCUT2D eigenvalue weighted by molar-refractivity contribution is -0.870. The highest BCUT2D eigenvalue weighted by atomic mass is 31.2. The van der Waals surface area contributed by atoms with E-state index in [1.54, 1.807) is 6.08 Å². The van der Waals surface area contributed by atoms with Crippen molar-refractivity contribution in [2.75, 3.05) is 40.9 Å². The molecular formula is C78H148N2O6P+. The molecule has 87 heavy (non-hydrogen) atoms. The predicted molar refractivity (Wildman–Crippen MR) is 383 cm³/mol. The largest absolute Gasteiger partial charge is 0.472 e. The molecule has 0 radical (unpaired) electrons. The topological polar surface area (TPSA) is 105 Å². The second-order valence-corrected chi connectivity index (χ2v) is 28.5. The van der Waals surface area contributed by atoms with Crippen molar-refractivity contribution in [3.63, 3.8) is 0 Å². The normalized spacial score (nSPS) is 14.0. The Morgan fingerprint density at radius 3 is 1.00 bits per heavy atom. The summed E-state index contributed by atoms with van der Waals surface area (Å²) in [6.45, 7) is 4.82. The minimum absolute atomic E-state index is 0.0532. The summed E-state index contributed by atoms with van der Waals surface area (Å²) in [7, 11) is 1.56. The van der Waals surface area contributed by atoms with Gasteiger partial charge in [0.15, 0.2) is 0 Å². The van der Waals surface area contributed by atoms with Gasteiger partial charge in [0.1, 0.15) is 13.2 Å². The highest BCUT2D eigenvalue weighted by molar-refractivity contribution is 7.47. The molecule has 3 atom stereocenters. The number of quaternary nitrogens is 1. The maximum atomic E-state index is 13.1. The number of likely N-dealkylation sites (N-methyl/N-ethyl adjacent to an activating group) is 1. The van der Waals surface area contributed by atoms with Gasteiger partial charge < -0.3 is 19.8 Å². The highest BCUT2D eigenvalue weighted by Gasteiger charge is 2.28. The summed E-state index contributed by atoms with van der Waals surface area (Å²) in [4.78, 5) is 23.4. The molecule has 0 rings (SSSR count). The molecule has 0 saturated heterocycles. The van der Waals surface area contributed by atoms with Crippen molar-refractivity contribution < 1.29 is 32.9 Å². The molecule has 0 aliphatic heterocycles. The fourth-order valence-electron chi connectivity index (χ4n) is 11.3. The second kappa shape index (κ2) is 68.3. The SMILES string of the molecule is CCCCCCC/C=C\C/C=C\C/C=C\CCCCCCCCCCCCCCCCCCCCCCCCC(=O)NC(COP(=O)(O)OCC[N+](C)(C)C)C(O)/C=C/CC/C=C/CC/C=C/CCCCCCCCCCCCCCCCCCCC. The molecule has 0 saturated carbocycles. The molecule has 0 bridgehead atoms. The number of allylic oxidation sites excluding steroid dienone is 11. The van der Waals surface area contributed by atoms with Crippen LogP contribution in [0, 0.1) is 0 Å². The molecular weight excluding hydrogens is 1090 g/mol. The van der Waals surface area contributed by atoms with Crippen molar-refractivity contribution in [3.8, 4) is 0 Å². The summed E-state index contributed by atoms with van der Waals surface area (Å²) in [5.41, 5.74) is 0. The summed E-state index contributed by atoms with van der Waals surface area (Å²) in [5.74, 6) is -0.185. The monoisotopic (exact) mass is 1240 g/mol. The number of amides is 1. The summed E-state index contributed by atoms with van der Waals surface area (Å²) in [6, 6.07) is -0.873. The number of aliphatic hydroxyl groups is 1. The summed E-state index contributed by atoms with van der Waals surface area (Å²) in [5, 5.41) is 14.0. The number of phosphoric ester groups is 1. The third kappa shape index (κ3) is 71.2. The third-order valence-corrected chi connectivity index (χ3v) is 18.1.